The summed E-state index contributed by atoms with van der Waals surface area (Å²) < 4.78 is 6.87. The molecule has 1 aliphatic carbocycles. The average Bonchev–Trinajstić information content (AvgIpc) is 3.17. The zero-order valence-electron chi connectivity index (χ0n) is 17.3. The van der Waals surface area contributed by atoms with Crippen LogP contribution in [0.4, 0.5) is 5.82 Å². The third-order valence-corrected chi connectivity index (χ3v) is 6.84. The number of nitrogens with zero attached hydrogens (tertiary/aromatic N) is 3. The first-order valence-electron chi connectivity index (χ1n) is 10.5. The summed E-state index contributed by atoms with van der Waals surface area (Å²) in [7, 11) is 0. The predicted octanol–water partition coefficient (Wildman–Crippen LogP) is 4.71. The van der Waals surface area contributed by atoms with Crippen molar-refractivity contribution in [3.8, 4) is 0 Å². The SMILES string of the molecule is CCC(Sc1nc2ccccc2c(=O)n1C1CCCCC1)C(=O)Nc1cc(C)on1. The zero-order valence-corrected chi connectivity index (χ0v) is 18.1. The molecule has 1 saturated carbocycles. The monoisotopic (exact) mass is 426 g/mol. The van der Waals surface area contributed by atoms with Crippen LogP contribution in [0.1, 0.15) is 57.3 Å². The molecule has 30 heavy (non-hydrogen) atoms. The molecule has 1 aromatic carbocycles. The summed E-state index contributed by atoms with van der Waals surface area (Å²) in [4.78, 5) is 31.0. The molecule has 0 saturated heterocycles. The van der Waals surface area contributed by atoms with Gasteiger partial charge in [0.15, 0.2) is 11.0 Å². The lowest BCUT2D eigenvalue weighted by atomic mass is 9.95. The van der Waals surface area contributed by atoms with Crippen LogP contribution >= 0.6 is 11.8 Å². The van der Waals surface area contributed by atoms with E-state index >= 15 is 0 Å². The Hall–Kier alpha value is -2.61. The maximum atomic E-state index is 13.4. The van der Waals surface area contributed by atoms with E-state index in [0.717, 1.165) is 25.7 Å². The van der Waals surface area contributed by atoms with E-state index in [1.165, 1.54) is 18.2 Å². The van der Waals surface area contributed by atoms with Gasteiger partial charge in [-0.05, 0) is 38.3 Å². The van der Waals surface area contributed by atoms with Crippen molar-refractivity contribution in [2.45, 2.75) is 68.8 Å². The molecule has 1 fully saturated rings. The van der Waals surface area contributed by atoms with Gasteiger partial charge in [-0.2, -0.15) is 0 Å². The lowest BCUT2D eigenvalue weighted by Gasteiger charge is -2.27. The van der Waals surface area contributed by atoms with E-state index in [9.17, 15) is 9.59 Å². The minimum absolute atomic E-state index is 0.0163. The molecule has 2 heterocycles. The van der Waals surface area contributed by atoms with Gasteiger partial charge in [0.2, 0.25) is 5.91 Å². The number of rotatable bonds is 6. The number of anilines is 1. The summed E-state index contributed by atoms with van der Waals surface area (Å²) in [5.74, 6) is 0.856. The van der Waals surface area contributed by atoms with Crippen molar-refractivity contribution in [3.05, 3.63) is 46.4 Å². The second kappa shape index (κ2) is 9.04. The third kappa shape index (κ3) is 4.28. The van der Waals surface area contributed by atoms with Crippen molar-refractivity contribution in [2.24, 2.45) is 0 Å². The summed E-state index contributed by atoms with van der Waals surface area (Å²) in [5.41, 5.74) is 0.650. The van der Waals surface area contributed by atoms with Gasteiger partial charge in [0, 0.05) is 12.1 Å². The van der Waals surface area contributed by atoms with Gasteiger partial charge in [0.1, 0.15) is 5.76 Å². The van der Waals surface area contributed by atoms with Gasteiger partial charge in [0.25, 0.3) is 5.56 Å². The molecule has 0 radical (unpaired) electrons. The number of aryl methyl sites for hydroxylation is 1. The number of para-hydroxylation sites is 1. The van der Waals surface area contributed by atoms with Crippen LogP contribution in [0.5, 0.6) is 0 Å². The lowest BCUT2D eigenvalue weighted by Crippen LogP contribution is -2.31. The Balaban J connectivity index is 1.68. The van der Waals surface area contributed by atoms with Crippen LogP contribution in [0.2, 0.25) is 0 Å². The Kier molecular flexibility index (Phi) is 6.22. The first-order chi connectivity index (χ1) is 14.6. The molecule has 1 aliphatic rings. The molecule has 2 aromatic heterocycles. The van der Waals surface area contributed by atoms with Gasteiger partial charge in [-0.1, -0.05) is 55.2 Å². The molecule has 0 spiro atoms. The smallest absolute Gasteiger partial charge is 0.262 e. The van der Waals surface area contributed by atoms with Gasteiger partial charge in [-0.25, -0.2) is 4.98 Å². The highest BCUT2D eigenvalue weighted by molar-refractivity contribution is 8.00. The van der Waals surface area contributed by atoms with E-state index in [0.29, 0.717) is 34.1 Å². The summed E-state index contributed by atoms with van der Waals surface area (Å²) in [5, 5.41) is 7.49. The quantitative estimate of drug-likeness (QED) is 0.454. The number of amides is 1. The second-order valence-corrected chi connectivity index (χ2v) is 8.88. The van der Waals surface area contributed by atoms with Crippen molar-refractivity contribution in [2.75, 3.05) is 5.32 Å². The van der Waals surface area contributed by atoms with Crippen LogP contribution in [-0.4, -0.2) is 25.9 Å². The van der Waals surface area contributed by atoms with Crippen LogP contribution in [-0.2, 0) is 4.79 Å². The molecule has 0 bridgehead atoms. The Morgan fingerprint density at radius 3 is 2.77 bits per heavy atom. The van der Waals surface area contributed by atoms with Crippen LogP contribution in [0.15, 0.2) is 44.8 Å². The Bertz CT molecular complexity index is 1100. The highest BCUT2D eigenvalue weighted by atomic mass is 32.2. The van der Waals surface area contributed by atoms with Crippen LogP contribution in [0.25, 0.3) is 10.9 Å². The summed E-state index contributed by atoms with van der Waals surface area (Å²) in [6, 6.07) is 9.24. The maximum Gasteiger partial charge on any atom is 0.262 e. The minimum Gasteiger partial charge on any atom is -0.360 e. The first kappa shape index (κ1) is 20.7. The molecular weight excluding hydrogens is 400 g/mol. The van der Waals surface area contributed by atoms with Crippen molar-refractivity contribution in [3.63, 3.8) is 0 Å². The minimum atomic E-state index is -0.398. The molecule has 1 N–H and O–H groups in total. The van der Waals surface area contributed by atoms with E-state index in [1.807, 2.05) is 35.8 Å². The van der Waals surface area contributed by atoms with Gasteiger partial charge >= 0.3 is 0 Å². The zero-order chi connectivity index (χ0) is 21.1. The van der Waals surface area contributed by atoms with E-state index in [-0.39, 0.29) is 17.5 Å². The number of carbonyl (C=O) groups is 1. The van der Waals surface area contributed by atoms with E-state index in [4.69, 9.17) is 9.51 Å². The second-order valence-electron chi connectivity index (χ2n) is 7.71. The summed E-state index contributed by atoms with van der Waals surface area (Å²) in [6.45, 7) is 3.73. The molecule has 158 valence electrons. The average molecular weight is 427 g/mol. The normalized spacial score (nSPS) is 15.9. The third-order valence-electron chi connectivity index (χ3n) is 5.51. The number of hydrogen-bond acceptors (Lipinski definition) is 6. The number of carbonyl (C=O) groups excluding carboxylic acids is 1. The molecule has 1 atom stereocenters. The number of thioether (sulfide) groups is 1. The van der Waals surface area contributed by atoms with Crippen molar-refractivity contribution < 1.29 is 9.32 Å². The van der Waals surface area contributed by atoms with Crippen LogP contribution < -0.4 is 10.9 Å². The Morgan fingerprint density at radius 2 is 2.07 bits per heavy atom. The van der Waals surface area contributed by atoms with Crippen molar-refractivity contribution in [1.82, 2.24) is 14.7 Å². The van der Waals surface area contributed by atoms with Gasteiger partial charge in [0.05, 0.1) is 16.2 Å². The van der Waals surface area contributed by atoms with Crippen molar-refractivity contribution >= 4 is 34.4 Å². The molecular formula is C22H26N4O3S. The number of fused-ring (bicyclic) bond motifs is 1. The molecule has 1 unspecified atom stereocenters. The predicted molar refractivity (Wildman–Crippen MR) is 118 cm³/mol. The Morgan fingerprint density at radius 1 is 1.30 bits per heavy atom. The maximum absolute atomic E-state index is 13.4. The summed E-state index contributed by atoms with van der Waals surface area (Å²) in [6.07, 6.45) is 5.95. The van der Waals surface area contributed by atoms with Crippen molar-refractivity contribution in [1.29, 1.82) is 0 Å². The number of aromatic nitrogens is 3. The van der Waals surface area contributed by atoms with Crippen LogP contribution in [0, 0.1) is 6.92 Å². The van der Waals surface area contributed by atoms with Crippen LogP contribution in [0.3, 0.4) is 0 Å². The largest absolute Gasteiger partial charge is 0.360 e. The topological polar surface area (TPSA) is 90.0 Å². The fourth-order valence-corrected chi connectivity index (χ4v) is 5.04. The molecule has 7 nitrogen and oxygen atoms in total. The number of hydrogen-bond donors (Lipinski definition) is 1. The molecule has 8 heteroatoms. The molecule has 0 aliphatic heterocycles. The number of nitrogens with one attached hydrogen (secondary N) is 1. The van der Waals surface area contributed by atoms with Gasteiger partial charge in [-0.3, -0.25) is 14.2 Å². The standard InChI is InChI=1S/C22H26N4O3S/c1-3-18(20(27)24-19-13-14(2)29-25-19)30-22-23-17-12-8-7-11-16(17)21(28)26(22)15-9-5-4-6-10-15/h7-8,11-13,15,18H,3-6,9-10H2,1-2H3,(H,24,25,27). The highest BCUT2D eigenvalue weighted by Crippen LogP contribution is 2.33. The fourth-order valence-electron chi connectivity index (χ4n) is 3.95. The van der Waals surface area contributed by atoms with E-state index < -0.39 is 5.25 Å². The first-order valence-corrected chi connectivity index (χ1v) is 11.4. The van der Waals surface area contributed by atoms with Gasteiger partial charge < -0.3 is 9.84 Å². The van der Waals surface area contributed by atoms with Gasteiger partial charge in [-0.15, -0.1) is 0 Å². The lowest BCUT2D eigenvalue weighted by molar-refractivity contribution is -0.115. The summed E-state index contributed by atoms with van der Waals surface area (Å²) >= 11 is 1.35. The number of benzene rings is 1. The van der Waals surface area contributed by atoms with E-state index in [2.05, 4.69) is 10.5 Å². The highest BCUT2D eigenvalue weighted by Gasteiger charge is 2.26. The fraction of sp³-hybridized carbons (Fsp3) is 0.455. The molecule has 1 amide bonds. The van der Waals surface area contributed by atoms with E-state index in [1.54, 1.807) is 13.0 Å². The Labute approximate surface area is 179 Å². The molecule has 4 rings (SSSR count). The molecule has 3 aromatic rings.